The van der Waals surface area contributed by atoms with Gasteiger partial charge in [-0.05, 0) is 32.8 Å². The second-order valence-electron chi connectivity index (χ2n) is 5.13. The molecule has 17 heavy (non-hydrogen) atoms. The van der Waals surface area contributed by atoms with Gasteiger partial charge in [-0.25, -0.2) is 0 Å². The molecule has 3 nitrogen and oxygen atoms in total. The van der Waals surface area contributed by atoms with Gasteiger partial charge in [-0.2, -0.15) is 5.10 Å². The normalized spacial score (nSPS) is 12.4. The molecule has 1 N–H and O–H groups in total. The van der Waals surface area contributed by atoms with Crippen molar-refractivity contribution in [3.8, 4) is 0 Å². The first-order valence-electron chi connectivity index (χ1n) is 6.37. The molecular formula is C13H24ClN3. The van der Waals surface area contributed by atoms with Crippen LogP contribution in [0, 0.1) is 0 Å². The van der Waals surface area contributed by atoms with Crippen LogP contribution in [-0.2, 0) is 6.54 Å². The third-order valence-electron chi connectivity index (χ3n) is 3.06. The number of nitrogens with zero attached hydrogens (tertiary/aromatic N) is 2. The zero-order chi connectivity index (χ0) is 12.9. The number of alkyl halides is 1. The minimum absolute atomic E-state index is 0.0414. The summed E-state index contributed by atoms with van der Waals surface area (Å²) in [5.41, 5.74) is 1.04. The number of hydrogen-bond donors (Lipinski definition) is 1. The Labute approximate surface area is 110 Å². The molecule has 0 bridgehead atoms. The third kappa shape index (κ3) is 4.32. The summed E-state index contributed by atoms with van der Waals surface area (Å²) < 4.78 is 2.07. The molecule has 0 spiro atoms. The average molecular weight is 258 g/mol. The van der Waals surface area contributed by atoms with Gasteiger partial charge in [0.1, 0.15) is 0 Å². The molecule has 4 heteroatoms. The smallest absolute Gasteiger partial charge is 0.0762 e. The first-order chi connectivity index (χ1) is 8.02. The molecule has 0 unspecified atom stereocenters. The molecular weight excluding hydrogens is 234 g/mol. The van der Waals surface area contributed by atoms with Gasteiger partial charge in [-0.3, -0.25) is 4.68 Å². The summed E-state index contributed by atoms with van der Waals surface area (Å²) in [5, 5.41) is 8.01. The van der Waals surface area contributed by atoms with E-state index in [2.05, 4.69) is 55.1 Å². The molecule has 0 fully saturated rings. The first kappa shape index (κ1) is 14.5. The number of rotatable bonds is 7. The second-order valence-corrected chi connectivity index (χ2v) is 5.40. The van der Waals surface area contributed by atoms with Crippen LogP contribution in [0.5, 0.6) is 0 Å². The van der Waals surface area contributed by atoms with Crippen molar-refractivity contribution in [2.45, 2.75) is 58.7 Å². The van der Waals surface area contributed by atoms with E-state index >= 15 is 0 Å². The van der Waals surface area contributed by atoms with Gasteiger partial charge in [0.25, 0.3) is 0 Å². The Balaban J connectivity index is 2.57. The van der Waals surface area contributed by atoms with Crippen LogP contribution in [0.4, 0.5) is 0 Å². The van der Waals surface area contributed by atoms with Crippen LogP contribution in [0.1, 0.15) is 52.3 Å². The van der Waals surface area contributed by atoms with E-state index in [1.807, 2.05) is 0 Å². The number of nitrogens with one attached hydrogen (secondary N) is 1. The zero-order valence-electron chi connectivity index (χ0n) is 11.3. The van der Waals surface area contributed by atoms with Crippen LogP contribution in [-0.4, -0.2) is 21.2 Å². The Hall–Kier alpha value is -0.540. The molecule has 1 aromatic rings. The summed E-state index contributed by atoms with van der Waals surface area (Å²) in [6.45, 7) is 9.36. The van der Waals surface area contributed by atoms with Gasteiger partial charge in [-0.15, -0.1) is 11.6 Å². The van der Waals surface area contributed by atoms with E-state index in [0.717, 1.165) is 25.1 Å². The Morgan fingerprint density at radius 2 is 2.06 bits per heavy atom. The highest BCUT2D eigenvalue weighted by Crippen LogP contribution is 2.14. The van der Waals surface area contributed by atoms with Gasteiger partial charge in [0.15, 0.2) is 0 Å². The molecule has 0 aliphatic rings. The lowest BCUT2D eigenvalue weighted by Crippen LogP contribution is -2.40. The van der Waals surface area contributed by atoms with Crippen molar-refractivity contribution < 1.29 is 0 Å². The fourth-order valence-corrected chi connectivity index (χ4v) is 1.81. The van der Waals surface area contributed by atoms with Gasteiger partial charge in [0, 0.05) is 24.2 Å². The molecule has 0 aliphatic carbocycles. The summed E-state index contributed by atoms with van der Waals surface area (Å²) in [6.07, 6.45) is 4.32. The van der Waals surface area contributed by atoms with E-state index < -0.39 is 0 Å². The largest absolute Gasteiger partial charge is 0.305 e. The fraction of sp³-hybridized carbons (Fsp3) is 0.769. The van der Waals surface area contributed by atoms with Crippen LogP contribution < -0.4 is 5.32 Å². The molecule has 0 radical (unpaired) electrons. The Kier molecular flexibility index (Phi) is 5.47. The van der Waals surface area contributed by atoms with Crippen molar-refractivity contribution in [2.75, 3.05) is 5.88 Å². The van der Waals surface area contributed by atoms with Crippen LogP contribution in [0.25, 0.3) is 0 Å². The van der Waals surface area contributed by atoms with Gasteiger partial charge in [-0.1, -0.05) is 13.8 Å². The highest BCUT2D eigenvalue weighted by Gasteiger charge is 2.16. The molecule has 0 aliphatic heterocycles. The lowest BCUT2D eigenvalue weighted by molar-refractivity contribution is 0.407. The number of halogens is 1. The highest BCUT2D eigenvalue weighted by molar-refractivity contribution is 6.18. The second kappa shape index (κ2) is 6.41. The van der Waals surface area contributed by atoms with Crippen molar-refractivity contribution in [1.29, 1.82) is 0 Å². The maximum atomic E-state index is 5.87. The molecule has 0 aromatic carbocycles. The predicted molar refractivity (Wildman–Crippen MR) is 73.5 cm³/mol. The minimum Gasteiger partial charge on any atom is -0.305 e. The van der Waals surface area contributed by atoms with Crippen molar-refractivity contribution in [3.63, 3.8) is 0 Å². The van der Waals surface area contributed by atoms with E-state index in [9.17, 15) is 0 Å². The SMILES string of the molecule is CCC(CC)n1ccc(CNC(C)(C)CCl)n1. The van der Waals surface area contributed by atoms with Crippen LogP contribution in [0.2, 0.25) is 0 Å². The summed E-state index contributed by atoms with van der Waals surface area (Å²) in [5.74, 6) is 0.597. The van der Waals surface area contributed by atoms with E-state index in [-0.39, 0.29) is 5.54 Å². The molecule has 1 rings (SSSR count). The standard InChI is InChI=1S/C13H24ClN3/c1-5-12(6-2)17-8-7-11(16-17)9-15-13(3,4)10-14/h7-8,12,15H,5-6,9-10H2,1-4H3. The molecule has 98 valence electrons. The Morgan fingerprint density at radius 3 is 2.59 bits per heavy atom. The van der Waals surface area contributed by atoms with Crippen molar-refractivity contribution in [3.05, 3.63) is 18.0 Å². The average Bonchev–Trinajstić information content (AvgIpc) is 2.77. The summed E-state index contributed by atoms with van der Waals surface area (Å²) in [4.78, 5) is 0. The van der Waals surface area contributed by atoms with E-state index in [0.29, 0.717) is 11.9 Å². The molecule has 0 amide bonds. The quantitative estimate of drug-likeness (QED) is 0.760. The van der Waals surface area contributed by atoms with Crippen molar-refractivity contribution >= 4 is 11.6 Å². The van der Waals surface area contributed by atoms with E-state index in [4.69, 9.17) is 11.6 Å². The molecule has 0 saturated carbocycles. The van der Waals surface area contributed by atoms with Crippen LogP contribution >= 0.6 is 11.6 Å². The minimum atomic E-state index is -0.0414. The predicted octanol–water partition coefficient (Wildman–Crippen LogP) is 3.35. The number of aromatic nitrogens is 2. The first-order valence-corrected chi connectivity index (χ1v) is 6.91. The summed E-state index contributed by atoms with van der Waals surface area (Å²) in [7, 11) is 0. The summed E-state index contributed by atoms with van der Waals surface area (Å²) in [6, 6.07) is 2.60. The zero-order valence-corrected chi connectivity index (χ0v) is 12.1. The van der Waals surface area contributed by atoms with Crippen LogP contribution in [0.15, 0.2) is 12.3 Å². The van der Waals surface area contributed by atoms with Gasteiger partial charge in [0.2, 0.25) is 0 Å². The lowest BCUT2D eigenvalue weighted by Gasteiger charge is -2.22. The van der Waals surface area contributed by atoms with Crippen LogP contribution in [0.3, 0.4) is 0 Å². The summed E-state index contributed by atoms with van der Waals surface area (Å²) >= 11 is 5.87. The molecule has 0 saturated heterocycles. The third-order valence-corrected chi connectivity index (χ3v) is 3.73. The van der Waals surface area contributed by atoms with Crippen molar-refractivity contribution in [2.24, 2.45) is 0 Å². The lowest BCUT2D eigenvalue weighted by atomic mass is 10.1. The maximum absolute atomic E-state index is 5.87. The van der Waals surface area contributed by atoms with Crippen molar-refractivity contribution in [1.82, 2.24) is 15.1 Å². The molecule has 0 atom stereocenters. The monoisotopic (exact) mass is 257 g/mol. The van der Waals surface area contributed by atoms with Gasteiger partial charge in [0.05, 0.1) is 11.7 Å². The molecule has 1 heterocycles. The number of hydrogen-bond acceptors (Lipinski definition) is 2. The topological polar surface area (TPSA) is 29.9 Å². The Morgan fingerprint density at radius 1 is 1.41 bits per heavy atom. The Bertz CT molecular complexity index is 329. The highest BCUT2D eigenvalue weighted by atomic mass is 35.5. The molecule has 1 aromatic heterocycles. The maximum Gasteiger partial charge on any atom is 0.0762 e. The van der Waals surface area contributed by atoms with E-state index in [1.54, 1.807) is 0 Å². The fourth-order valence-electron chi connectivity index (χ4n) is 1.71. The van der Waals surface area contributed by atoms with Gasteiger partial charge < -0.3 is 5.32 Å². The van der Waals surface area contributed by atoms with Gasteiger partial charge >= 0.3 is 0 Å². The van der Waals surface area contributed by atoms with E-state index in [1.165, 1.54) is 0 Å².